The molecule has 144 valence electrons. The Hall–Kier alpha value is -2.86. The van der Waals surface area contributed by atoms with E-state index in [0.717, 1.165) is 11.1 Å². The molecule has 0 heterocycles. The largest absolute Gasteiger partial charge is 0.451 e. The lowest BCUT2D eigenvalue weighted by Crippen LogP contribution is -2.48. The van der Waals surface area contributed by atoms with Gasteiger partial charge in [0.05, 0.1) is 0 Å². The van der Waals surface area contributed by atoms with Crippen molar-refractivity contribution >= 4 is 12.1 Å². The molecule has 0 bridgehead atoms. The van der Waals surface area contributed by atoms with Gasteiger partial charge in [0.25, 0.3) is 0 Å². The Labute approximate surface area is 159 Å². The van der Waals surface area contributed by atoms with E-state index in [1.807, 2.05) is 60.7 Å². The van der Waals surface area contributed by atoms with Crippen LogP contribution in [-0.2, 0) is 14.3 Å². The molecule has 0 aliphatic carbocycles. The van der Waals surface area contributed by atoms with Crippen LogP contribution in [0.2, 0.25) is 0 Å². The highest BCUT2D eigenvalue weighted by Crippen LogP contribution is 2.26. The Bertz CT molecular complexity index is 702. The fourth-order valence-electron chi connectivity index (χ4n) is 2.45. The molecule has 0 aliphatic rings. The van der Waals surface area contributed by atoms with Crippen molar-refractivity contribution < 1.29 is 19.1 Å². The highest BCUT2D eigenvalue weighted by atomic mass is 16.6. The highest BCUT2D eigenvalue weighted by Gasteiger charge is 2.27. The number of benzene rings is 2. The van der Waals surface area contributed by atoms with E-state index in [4.69, 9.17) is 15.2 Å². The second kappa shape index (κ2) is 9.19. The molecule has 0 unspecified atom stereocenters. The van der Waals surface area contributed by atoms with Crippen molar-refractivity contribution in [1.29, 1.82) is 0 Å². The van der Waals surface area contributed by atoms with Crippen LogP contribution >= 0.6 is 0 Å². The molecule has 0 spiro atoms. The number of hydrogen-bond donors (Lipinski definition) is 2. The number of nitrogens with one attached hydrogen (secondary N) is 1. The SMILES string of the molecule is CC(C)(C)OC(=O)N[C@@H](CN)C(=O)OC(c1ccccc1)c1ccccc1. The zero-order chi connectivity index (χ0) is 19.9. The molecule has 3 N–H and O–H groups in total. The third kappa shape index (κ3) is 6.42. The number of amides is 1. The average molecular weight is 370 g/mol. The van der Waals surface area contributed by atoms with Gasteiger partial charge in [0.15, 0.2) is 6.10 Å². The van der Waals surface area contributed by atoms with E-state index in [-0.39, 0.29) is 6.54 Å². The minimum atomic E-state index is -1.00. The van der Waals surface area contributed by atoms with Crippen molar-refractivity contribution in [2.24, 2.45) is 5.73 Å². The van der Waals surface area contributed by atoms with Crippen LogP contribution in [0.25, 0.3) is 0 Å². The number of ether oxygens (including phenoxy) is 2. The Kier molecular flexibility index (Phi) is 6.96. The van der Waals surface area contributed by atoms with Gasteiger partial charge in [-0.15, -0.1) is 0 Å². The lowest BCUT2D eigenvalue weighted by molar-refractivity contribution is -0.149. The molecule has 27 heavy (non-hydrogen) atoms. The van der Waals surface area contributed by atoms with Crippen LogP contribution in [0.1, 0.15) is 38.0 Å². The third-order valence-electron chi connectivity index (χ3n) is 3.65. The Morgan fingerprint density at radius 3 is 1.85 bits per heavy atom. The van der Waals surface area contributed by atoms with E-state index in [1.165, 1.54) is 0 Å². The van der Waals surface area contributed by atoms with Gasteiger partial charge in [0, 0.05) is 6.54 Å². The molecule has 0 saturated carbocycles. The summed E-state index contributed by atoms with van der Waals surface area (Å²) in [6.45, 7) is 5.12. The lowest BCUT2D eigenvalue weighted by Gasteiger charge is -2.24. The maximum atomic E-state index is 12.7. The molecule has 0 radical (unpaired) electrons. The number of carbonyl (C=O) groups is 2. The fourth-order valence-corrected chi connectivity index (χ4v) is 2.45. The summed E-state index contributed by atoms with van der Waals surface area (Å²) in [5.74, 6) is -0.624. The summed E-state index contributed by atoms with van der Waals surface area (Å²) >= 11 is 0. The molecule has 1 amide bonds. The van der Waals surface area contributed by atoms with E-state index in [2.05, 4.69) is 5.32 Å². The van der Waals surface area contributed by atoms with Crippen LogP contribution in [0.4, 0.5) is 4.79 Å². The van der Waals surface area contributed by atoms with Crippen LogP contribution in [0.5, 0.6) is 0 Å². The summed E-state index contributed by atoms with van der Waals surface area (Å²) in [6, 6.07) is 17.8. The third-order valence-corrected chi connectivity index (χ3v) is 3.65. The van der Waals surface area contributed by atoms with E-state index < -0.39 is 29.8 Å². The van der Waals surface area contributed by atoms with E-state index in [0.29, 0.717) is 0 Å². The summed E-state index contributed by atoms with van der Waals surface area (Å²) in [4.78, 5) is 24.6. The van der Waals surface area contributed by atoms with Crippen molar-refractivity contribution in [2.45, 2.75) is 38.5 Å². The fraction of sp³-hybridized carbons (Fsp3) is 0.333. The van der Waals surface area contributed by atoms with E-state index in [9.17, 15) is 9.59 Å². The van der Waals surface area contributed by atoms with Crippen molar-refractivity contribution in [3.8, 4) is 0 Å². The molecule has 2 aromatic carbocycles. The summed E-state index contributed by atoms with van der Waals surface area (Å²) in [5, 5.41) is 2.47. The molecular formula is C21H26N2O4. The Balaban J connectivity index is 2.16. The predicted octanol–water partition coefficient (Wildman–Crippen LogP) is 3.17. The first-order valence-electron chi connectivity index (χ1n) is 8.80. The van der Waals surface area contributed by atoms with Crippen molar-refractivity contribution in [3.05, 3.63) is 71.8 Å². The van der Waals surface area contributed by atoms with Crippen LogP contribution in [0.15, 0.2) is 60.7 Å². The van der Waals surface area contributed by atoms with Gasteiger partial charge in [-0.3, -0.25) is 0 Å². The summed E-state index contributed by atoms with van der Waals surface area (Å²) < 4.78 is 10.9. The zero-order valence-electron chi connectivity index (χ0n) is 15.8. The number of carbonyl (C=O) groups excluding carboxylic acids is 2. The van der Waals surface area contributed by atoms with Crippen molar-refractivity contribution in [3.63, 3.8) is 0 Å². The predicted molar refractivity (Wildman–Crippen MR) is 103 cm³/mol. The van der Waals surface area contributed by atoms with Gasteiger partial charge in [0.2, 0.25) is 0 Å². The maximum absolute atomic E-state index is 12.7. The van der Waals surface area contributed by atoms with Crippen LogP contribution < -0.4 is 11.1 Å². The number of rotatable bonds is 6. The molecule has 6 nitrogen and oxygen atoms in total. The van der Waals surface area contributed by atoms with Gasteiger partial charge < -0.3 is 20.5 Å². The average Bonchev–Trinajstić information content (AvgIpc) is 2.64. The molecule has 2 rings (SSSR count). The second-order valence-corrected chi connectivity index (χ2v) is 7.07. The van der Waals surface area contributed by atoms with Crippen LogP contribution in [-0.4, -0.2) is 30.3 Å². The standard InChI is InChI=1S/C21H26N2O4/c1-21(2,3)27-20(25)23-17(14-22)19(24)26-18(15-10-6-4-7-11-15)16-12-8-5-9-13-16/h4-13,17-18H,14,22H2,1-3H3,(H,23,25)/t17-/m0/s1. The molecular weight excluding hydrogens is 344 g/mol. The molecule has 0 aromatic heterocycles. The first kappa shape index (κ1) is 20.5. The van der Waals surface area contributed by atoms with Crippen molar-refractivity contribution in [1.82, 2.24) is 5.32 Å². The first-order chi connectivity index (χ1) is 12.8. The molecule has 0 saturated heterocycles. The van der Waals surface area contributed by atoms with Gasteiger partial charge >= 0.3 is 12.1 Å². The minimum absolute atomic E-state index is 0.103. The van der Waals surface area contributed by atoms with Crippen molar-refractivity contribution in [2.75, 3.05) is 6.54 Å². The molecule has 0 fully saturated rings. The van der Waals surface area contributed by atoms with E-state index in [1.54, 1.807) is 20.8 Å². The van der Waals surface area contributed by atoms with Gasteiger partial charge in [-0.2, -0.15) is 0 Å². The van der Waals surface area contributed by atoms with Gasteiger partial charge in [-0.1, -0.05) is 60.7 Å². The minimum Gasteiger partial charge on any atom is -0.451 e. The zero-order valence-corrected chi connectivity index (χ0v) is 15.8. The highest BCUT2D eigenvalue weighted by molar-refractivity contribution is 5.82. The van der Waals surface area contributed by atoms with Gasteiger partial charge in [0.1, 0.15) is 11.6 Å². The smallest absolute Gasteiger partial charge is 0.408 e. The molecule has 6 heteroatoms. The van der Waals surface area contributed by atoms with Gasteiger partial charge in [-0.25, -0.2) is 9.59 Å². The Morgan fingerprint density at radius 1 is 0.963 bits per heavy atom. The summed E-state index contributed by atoms with van der Waals surface area (Å²) in [7, 11) is 0. The quantitative estimate of drug-likeness (QED) is 0.762. The Morgan fingerprint density at radius 2 is 1.44 bits per heavy atom. The molecule has 2 aromatic rings. The topological polar surface area (TPSA) is 90.6 Å². The number of alkyl carbamates (subject to hydrolysis) is 1. The van der Waals surface area contributed by atoms with Crippen LogP contribution in [0.3, 0.4) is 0 Å². The normalized spacial score (nSPS) is 12.3. The summed E-state index contributed by atoms with van der Waals surface area (Å²) in [6.07, 6.45) is -1.32. The number of hydrogen-bond acceptors (Lipinski definition) is 5. The first-order valence-corrected chi connectivity index (χ1v) is 8.80. The molecule has 1 atom stereocenters. The van der Waals surface area contributed by atoms with Gasteiger partial charge in [-0.05, 0) is 31.9 Å². The maximum Gasteiger partial charge on any atom is 0.408 e. The second-order valence-electron chi connectivity index (χ2n) is 7.07. The monoisotopic (exact) mass is 370 g/mol. The lowest BCUT2D eigenvalue weighted by atomic mass is 10.0. The molecule has 0 aliphatic heterocycles. The summed E-state index contributed by atoms with van der Waals surface area (Å²) in [5.41, 5.74) is 6.64. The number of esters is 1. The van der Waals surface area contributed by atoms with Crippen LogP contribution in [0, 0.1) is 0 Å². The van der Waals surface area contributed by atoms with E-state index >= 15 is 0 Å². The number of nitrogens with two attached hydrogens (primary N) is 1.